The molecular weight excluding hydrogens is 326 g/mol. The molecule has 2 aliphatic rings. The third kappa shape index (κ3) is 2.02. The summed E-state index contributed by atoms with van der Waals surface area (Å²) < 4.78 is 1.99. The molecule has 6 heteroatoms. The van der Waals surface area contributed by atoms with Gasteiger partial charge in [0.25, 0.3) is 5.91 Å². The van der Waals surface area contributed by atoms with E-state index < -0.39 is 0 Å². The first kappa shape index (κ1) is 15.1. The highest BCUT2D eigenvalue weighted by Gasteiger charge is 2.34. The van der Waals surface area contributed by atoms with Gasteiger partial charge in [-0.2, -0.15) is 0 Å². The third-order valence-corrected chi connectivity index (χ3v) is 5.44. The predicted octanol–water partition coefficient (Wildman–Crippen LogP) is 2.65. The lowest BCUT2D eigenvalue weighted by Crippen LogP contribution is -2.23. The Labute approximate surface area is 151 Å². The van der Waals surface area contributed by atoms with Crippen LogP contribution < -0.4 is 10.2 Å². The smallest absolute Gasteiger partial charge is 0.252 e. The number of carbonyl (C=O) groups excluding carboxylic acids is 1. The van der Waals surface area contributed by atoms with Gasteiger partial charge < -0.3 is 10.2 Å². The average Bonchev–Trinajstić information content (AvgIpc) is 3.32. The highest BCUT2D eigenvalue weighted by molar-refractivity contribution is 5.99. The van der Waals surface area contributed by atoms with Crippen molar-refractivity contribution in [3.05, 3.63) is 70.5 Å². The van der Waals surface area contributed by atoms with Crippen molar-refractivity contribution < 1.29 is 4.79 Å². The van der Waals surface area contributed by atoms with Gasteiger partial charge in [0.05, 0.1) is 0 Å². The predicted molar refractivity (Wildman–Crippen MR) is 98.6 cm³/mol. The molecule has 0 aliphatic carbocycles. The van der Waals surface area contributed by atoms with Crippen LogP contribution in [0.5, 0.6) is 0 Å². The Balaban J connectivity index is 1.56. The first-order valence-electron chi connectivity index (χ1n) is 8.80. The molecule has 26 heavy (non-hydrogen) atoms. The van der Waals surface area contributed by atoms with Crippen LogP contribution in [-0.2, 0) is 13.5 Å². The fourth-order valence-electron chi connectivity index (χ4n) is 4.08. The summed E-state index contributed by atoms with van der Waals surface area (Å²) in [6.07, 6.45) is 1.01. The number of rotatable bonds is 2. The Morgan fingerprint density at radius 2 is 1.96 bits per heavy atom. The van der Waals surface area contributed by atoms with Crippen LogP contribution in [0.4, 0.5) is 11.6 Å². The minimum atomic E-state index is -0.260. The van der Waals surface area contributed by atoms with E-state index in [0.717, 1.165) is 30.3 Å². The van der Waals surface area contributed by atoms with E-state index in [0.29, 0.717) is 5.56 Å². The molecule has 6 nitrogen and oxygen atoms in total. The number of hydrogen-bond acceptors (Lipinski definition) is 4. The van der Waals surface area contributed by atoms with Crippen LogP contribution in [0.2, 0.25) is 0 Å². The molecule has 1 amide bonds. The molecule has 0 bridgehead atoms. The van der Waals surface area contributed by atoms with Gasteiger partial charge in [-0.05, 0) is 42.2 Å². The third-order valence-electron chi connectivity index (χ3n) is 5.44. The standard InChI is InChI=1S/C20H19N5O/c1-12-6-5-9-16-13(12)10-11-25(16)20-23-22-18(24(20)2)17-14-7-3-4-8-15(14)19(26)21-17/h3-9,17H,10-11H2,1-2H3,(H,21,26). The maximum atomic E-state index is 12.2. The largest absolute Gasteiger partial charge is 0.338 e. The van der Waals surface area contributed by atoms with Gasteiger partial charge in [-0.25, -0.2) is 0 Å². The first-order chi connectivity index (χ1) is 12.6. The van der Waals surface area contributed by atoms with Gasteiger partial charge in [0.1, 0.15) is 6.04 Å². The summed E-state index contributed by atoms with van der Waals surface area (Å²) in [6, 6.07) is 13.8. The number of fused-ring (bicyclic) bond motifs is 2. The summed E-state index contributed by atoms with van der Waals surface area (Å²) in [6.45, 7) is 3.04. The van der Waals surface area contributed by atoms with Gasteiger partial charge in [-0.3, -0.25) is 9.36 Å². The zero-order chi connectivity index (χ0) is 17.8. The van der Waals surface area contributed by atoms with E-state index in [1.54, 1.807) is 0 Å². The second-order valence-corrected chi connectivity index (χ2v) is 6.89. The van der Waals surface area contributed by atoms with Gasteiger partial charge in [0.2, 0.25) is 5.95 Å². The molecule has 2 aromatic carbocycles. The maximum Gasteiger partial charge on any atom is 0.252 e. The van der Waals surface area contributed by atoms with Crippen LogP contribution in [0.15, 0.2) is 42.5 Å². The highest BCUT2D eigenvalue weighted by Crippen LogP contribution is 2.37. The number of nitrogens with zero attached hydrogens (tertiary/aromatic N) is 4. The number of carbonyl (C=O) groups is 1. The fourth-order valence-corrected chi connectivity index (χ4v) is 4.08. The summed E-state index contributed by atoms with van der Waals surface area (Å²) >= 11 is 0. The van der Waals surface area contributed by atoms with E-state index in [1.165, 1.54) is 16.8 Å². The van der Waals surface area contributed by atoms with Crippen molar-refractivity contribution in [2.24, 2.45) is 7.05 Å². The summed E-state index contributed by atoms with van der Waals surface area (Å²) in [7, 11) is 1.96. The molecule has 1 unspecified atom stereocenters. The minimum Gasteiger partial charge on any atom is -0.338 e. The normalized spacial score (nSPS) is 18.0. The molecule has 0 spiro atoms. The van der Waals surface area contributed by atoms with Crippen molar-refractivity contribution in [2.75, 3.05) is 11.4 Å². The van der Waals surface area contributed by atoms with Crippen LogP contribution in [0.1, 0.15) is 38.9 Å². The number of anilines is 2. The van der Waals surface area contributed by atoms with Crippen LogP contribution in [0.25, 0.3) is 0 Å². The van der Waals surface area contributed by atoms with Gasteiger partial charge in [0.15, 0.2) is 5.82 Å². The first-order valence-corrected chi connectivity index (χ1v) is 8.80. The maximum absolute atomic E-state index is 12.2. The lowest BCUT2D eigenvalue weighted by Gasteiger charge is -2.19. The van der Waals surface area contributed by atoms with Gasteiger partial charge in [-0.15, -0.1) is 10.2 Å². The fraction of sp³-hybridized carbons (Fsp3) is 0.250. The highest BCUT2D eigenvalue weighted by atomic mass is 16.2. The summed E-state index contributed by atoms with van der Waals surface area (Å²) in [5.74, 6) is 1.50. The zero-order valence-electron chi connectivity index (χ0n) is 14.7. The number of aromatic nitrogens is 3. The summed E-state index contributed by atoms with van der Waals surface area (Å²) in [5, 5.41) is 11.9. The van der Waals surface area contributed by atoms with E-state index >= 15 is 0 Å². The zero-order valence-corrected chi connectivity index (χ0v) is 14.7. The molecule has 2 aliphatic heterocycles. The van der Waals surface area contributed by atoms with Gasteiger partial charge >= 0.3 is 0 Å². The van der Waals surface area contributed by atoms with Crippen LogP contribution >= 0.6 is 0 Å². The number of aryl methyl sites for hydroxylation is 1. The van der Waals surface area contributed by atoms with Gasteiger partial charge in [-0.1, -0.05) is 30.3 Å². The molecule has 0 fully saturated rings. The number of amides is 1. The Hall–Kier alpha value is -3.15. The molecule has 1 aromatic heterocycles. The average molecular weight is 345 g/mol. The molecule has 3 heterocycles. The van der Waals surface area contributed by atoms with Crippen molar-refractivity contribution in [1.29, 1.82) is 0 Å². The number of benzene rings is 2. The molecule has 3 aromatic rings. The van der Waals surface area contributed by atoms with Crippen LogP contribution in [0.3, 0.4) is 0 Å². The topological polar surface area (TPSA) is 63.1 Å². The lowest BCUT2D eigenvalue weighted by atomic mass is 10.0. The van der Waals surface area contributed by atoms with E-state index in [-0.39, 0.29) is 11.9 Å². The van der Waals surface area contributed by atoms with Crippen molar-refractivity contribution >= 4 is 17.5 Å². The van der Waals surface area contributed by atoms with Gasteiger partial charge in [0, 0.05) is 24.8 Å². The second kappa shape index (κ2) is 5.42. The molecule has 130 valence electrons. The van der Waals surface area contributed by atoms with Crippen molar-refractivity contribution in [3.63, 3.8) is 0 Å². The van der Waals surface area contributed by atoms with E-state index in [1.807, 2.05) is 35.9 Å². The van der Waals surface area contributed by atoms with E-state index in [4.69, 9.17) is 0 Å². The Bertz CT molecular complexity index is 1040. The van der Waals surface area contributed by atoms with Crippen LogP contribution in [0, 0.1) is 6.92 Å². The van der Waals surface area contributed by atoms with E-state index in [2.05, 4.69) is 45.5 Å². The lowest BCUT2D eigenvalue weighted by molar-refractivity contribution is 0.0959. The Kier molecular flexibility index (Phi) is 3.16. The molecule has 5 rings (SSSR count). The quantitative estimate of drug-likeness (QED) is 0.776. The Morgan fingerprint density at radius 3 is 2.85 bits per heavy atom. The molecule has 1 atom stereocenters. The van der Waals surface area contributed by atoms with E-state index in [9.17, 15) is 4.79 Å². The van der Waals surface area contributed by atoms with Crippen molar-refractivity contribution in [3.8, 4) is 0 Å². The van der Waals surface area contributed by atoms with Crippen molar-refractivity contribution in [1.82, 2.24) is 20.1 Å². The van der Waals surface area contributed by atoms with Crippen LogP contribution in [-0.4, -0.2) is 27.2 Å². The summed E-state index contributed by atoms with van der Waals surface area (Å²) in [5.41, 5.74) is 5.55. The number of hydrogen-bond donors (Lipinski definition) is 1. The Morgan fingerprint density at radius 1 is 1.12 bits per heavy atom. The molecule has 0 radical (unpaired) electrons. The van der Waals surface area contributed by atoms with Crippen molar-refractivity contribution in [2.45, 2.75) is 19.4 Å². The number of nitrogens with one attached hydrogen (secondary N) is 1. The molecule has 1 N–H and O–H groups in total. The minimum absolute atomic E-state index is 0.0581. The molecular formula is C20H19N5O. The second-order valence-electron chi connectivity index (χ2n) is 6.89. The molecule has 0 saturated heterocycles. The molecule has 0 saturated carbocycles. The summed E-state index contributed by atoms with van der Waals surface area (Å²) in [4.78, 5) is 14.5. The SMILES string of the molecule is Cc1cccc2c1CCN2c1nnc(C2NC(=O)c3ccccc32)n1C. The monoisotopic (exact) mass is 345 g/mol.